The molecule has 5 heteroatoms. The molecule has 1 aliphatic heterocycles. The smallest absolute Gasteiger partial charge is 0.260 e. The molecule has 1 aromatic carbocycles. The highest BCUT2D eigenvalue weighted by atomic mass is 35.5. The third-order valence-electron chi connectivity index (χ3n) is 3.33. The Morgan fingerprint density at radius 1 is 1.53 bits per heavy atom. The van der Waals surface area contributed by atoms with Crippen molar-refractivity contribution in [1.82, 2.24) is 10.2 Å². The lowest BCUT2D eigenvalue weighted by atomic mass is 10.2. The van der Waals surface area contributed by atoms with Crippen molar-refractivity contribution in [1.29, 1.82) is 0 Å². The van der Waals surface area contributed by atoms with Crippen LogP contribution in [0.25, 0.3) is 0 Å². The molecule has 0 aromatic heterocycles. The molecule has 1 amide bonds. The van der Waals surface area contributed by atoms with Crippen LogP contribution < -0.4 is 10.1 Å². The number of hydrogen-bond donors (Lipinski definition) is 1. The molecule has 2 rings (SSSR count). The number of ether oxygens (including phenoxy) is 1. The zero-order valence-electron chi connectivity index (χ0n) is 11.1. The molecule has 1 atom stereocenters. The molecule has 4 nitrogen and oxygen atoms in total. The molecule has 19 heavy (non-hydrogen) atoms. The molecular formula is C14H19ClN2O2. The second-order valence-corrected chi connectivity index (χ2v) is 5.07. The van der Waals surface area contributed by atoms with Crippen LogP contribution in [0.4, 0.5) is 0 Å². The Kier molecular flexibility index (Phi) is 5.05. The summed E-state index contributed by atoms with van der Waals surface area (Å²) >= 11 is 5.99. The number of carbonyl (C=O) groups is 1. The topological polar surface area (TPSA) is 41.6 Å². The summed E-state index contributed by atoms with van der Waals surface area (Å²) in [5.74, 6) is 0.583. The van der Waals surface area contributed by atoms with Gasteiger partial charge in [-0.25, -0.2) is 0 Å². The first kappa shape index (κ1) is 14.2. The fourth-order valence-corrected chi connectivity index (χ4v) is 2.59. The van der Waals surface area contributed by atoms with E-state index in [2.05, 4.69) is 5.32 Å². The van der Waals surface area contributed by atoms with Crippen LogP contribution in [0, 0.1) is 0 Å². The van der Waals surface area contributed by atoms with Crippen molar-refractivity contribution in [2.24, 2.45) is 0 Å². The van der Waals surface area contributed by atoms with Gasteiger partial charge in [-0.3, -0.25) is 4.79 Å². The summed E-state index contributed by atoms with van der Waals surface area (Å²) in [7, 11) is 1.90. The van der Waals surface area contributed by atoms with Gasteiger partial charge in [0.1, 0.15) is 5.75 Å². The molecule has 1 N–H and O–H groups in total. The fourth-order valence-electron chi connectivity index (χ4n) is 2.40. The van der Waals surface area contributed by atoms with Crippen molar-refractivity contribution < 1.29 is 9.53 Å². The third kappa shape index (κ3) is 3.61. The first-order valence-corrected chi connectivity index (χ1v) is 6.91. The monoisotopic (exact) mass is 282 g/mol. The van der Waals surface area contributed by atoms with Crippen LogP contribution in [0.5, 0.6) is 5.75 Å². The van der Waals surface area contributed by atoms with Crippen molar-refractivity contribution in [3.8, 4) is 5.75 Å². The molecule has 0 saturated carbocycles. The number of amides is 1. The lowest BCUT2D eigenvalue weighted by Crippen LogP contribution is -2.43. The van der Waals surface area contributed by atoms with Gasteiger partial charge in [0.25, 0.3) is 5.91 Å². The lowest BCUT2D eigenvalue weighted by Gasteiger charge is -2.24. The molecule has 1 fully saturated rings. The number of nitrogens with one attached hydrogen (secondary N) is 1. The van der Waals surface area contributed by atoms with Gasteiger partial charge in [0, 0.05) is 19.1 Å². The van der Waals surface area contributed by atoms with E-state index in [-0.39, 0.29) is 18.6 Å². The molecule has 1 unspecified atom stereocenters. The Morgan fingerprint density at radius 3 is 3.05 bits per heavy atom. The Labute approximate surface area is 118 Å². The van der Waals surface area contributed by atoms with Gasteiger partial charge in [-0.05, 0) is 32.0 Å². The number of likely N-dealkylation sites (tertiary alicyclic amines) is 1. The fraction of sp³-hybridized carbons (Fsp3) is 0.500. The van der Waals surface area contributed by atoms with E-state index in [0.29, 0.717) is 10.8 Å². The second-order valence-electron chi connectivity index (χ2n) is 4.66. The van der Waals surface area contributed by atoms with Crippen LogP contribution >= 0.6 is 11.6 Å². The molecule has 1 saturated heterocycles. The SMILES string of the molecule is CNCC1CCCN1C(=O)COc1ccccc1Cl. The first-order valence-electron chi connectivity index (χ1n) is 6.53. The van der Waals surface area contributed by atoms with E-state index in [1.165, 1.54) is 0 Å². The Morgan fingerprint density at radius 2 is 2.32 bits per heavy atom. The van der Waals surface area contributed by atoms with E-state index in [4.69, 9.17) is 16.3 Å². The zero-order chi connectivity index (χ0) is 13.7. The van der Waals surface area contributed by atoms with Crippen molar-refractivity contribution in [3.05, 3.63) is 29.3 Å². The quantitative estimate of drug-likeness (QED) is 0.897. The van der Waals surface area contributed by atoms with Crippen LogP contribution in [0.3, 0.4) is 0 Å². The minimum Gasteiger partial charge on any atom is -0.482 e. The molecule has 1 aliphatic rings. The number of nitrogens with zero attached hydrogens (tertiary/aromatic N) is 1. The summed E-state index contributed by atoms with van der Waals surface area (Å²) in [6, 6.07) is 7.48. The predicted molar refractivity (Wildman–Crippen MR) is 75.6 cm³/mol. The summed E-state index contributed by atoms with van der Waals surface area (Å²) in [6.07, 6.45) is 2.11. The van der Waals surface area contributed by atoms with Crippen molar-refractivity contribution in [2.75, 3.05) is 26.7 Å². The van der Waals surface area contributed by atoms with Crippen molar-refractivity contribution >= 4 is 17.5 Å². The molecule has 0 spiro atoms. The normalized spacial score (nSPS) is 18.6. The van der Waals surface area contributed by atoms with E-state index in [1.54, 1.807) is 12.1 Å². The highest BCUT2D eigenvalue weighted by molar-refractivity contribution is 6.32. The summed E-state index contributed by atoms with van der Waals surface area (Å²) in [5, 5.41) is 3.65. The van der Waals surface area contributed by atoms with Crippen LogP contribution in [0.2, 0.25) is 5.02 Å². The van der Waals surface area contributed by atoms with Gasteiger partial charge in [-0.2, -0.15) is 0 Å². The molecule has 1 aromatic rings. The van der Waals surface area contributed by atoms with E-state index in [0.717, 1.165) is 25.9 Å². The third-order valence-corrected chi connectivity index (χ3v) is 3.64. The Balaban J connectivity index is 1.89. The number of benzene rings is 1. The number of para-hydroxylation sites is 1. The maximum Gasteiger partial charge on any atom is 0.260 e. The van der Waals surface area contributed by atoms with E-state index in [9.17, 15) is 4.79 Å². The minimum atomic E-state index is 0.0256. The molecule has 0 aliphatic carbocycles. The maximum atomic E-state index is 12.1. The standard InChI is InChI=1S/C14H19ClN2O2/c1-16-9-11-5-4-8-17(11)14(18)10-19-13-7-3-2-6-12(13)15/h2-3,6-7,11,16H,4-5,8-10H2,1H3. The van der Waals surface area contributed by atoms with Crippen LogP contribution in [0.15, 0.2) is 24.3 Å². The van der Waals surface area contributed by atoms with Crippen LogP contribution in [-0.4, -0.2) is 43.6 Å². The van der Waals surface area contributed by atoms with Gasteiger partial charge in [0.15, 0.2) is 6.61 Å². The van der Waals surface area contributed by atoms with Gasteiger partial charge in [-0.1, -0.05) is 23.7 Å². The average molecular weight is 283 g/mol. The van der Waals surface area contributed by atoms with E-state index < -0.39 is 0 Å². The number of carbonyl (C=O) groups excluding carboxylic acids is 1. The summed E-state index contributed by atoms with van der Waals surface area (Å²) in [4.78, 5) is 14.0. The molecular weight excluding hydrogens is 264 g/mol. The van der Waals surface area contributed by atoms with Gasteiger partial charge < -0.3 is 15.0 Å². The minimum absolute atomic E-state index is 0.0256. The molecule has 104 valence electrons. The Hall–Kier alpha value is -1.26. The highest BCUT2D eigenvalue weighted by Gasteiger charge is 2.28. The summed E-state index contributed by atoms with van der Waals surface area (Å²) in [5.41, 5.74) is 0. The highest BCUT2D eigenvalue weighted by Crippen LogP contribution is 2.23. The predicted octanol–water partition coefficient (Wildman–Crippen LogP) is 1.93. The number of halogens is 1. The first-order chi connectivity index (χ1) is 9.22. The molecule has 1 heterocycles. The Bertz CT molecular complexity index is 439. The molecule has 0 radical (unpaired) electrons. The zero-order valence-corrected chi connectivity index (χ0v) is 11.8. The summed E-state index contributed by atoms with van der Waals surface area (Å²) < 4.78 is 5.49. The van der Waals surface area contributed by atoms with Gasteiger partial charge in [0.2, 0.25) is 0 Å². The molecule has 0 bridgehead atoms. The maximum absolute atomic E-state index is 12.1. The number of hydrogen-bond acceptors (Lipinski definition) is 3. The van der Waals surface area contributed by atoms with Crippen molar-refractivity contribution in [2.45, 2.75) is 18.9 Å². The number of rotatable bonds is 5. The van der Waals surface area contributed by atoms with Gasteiger partial charge >= 0.3 is 0 Å². The van der Waals surface area contributed by atoms with E-state index in [1.807, 2.05) is 24.1 Å². The second kappa shape index (κ2) is 6.78. The number of likely N-dealkylation sites (N-methyl/N-ethyl adjacent to an activating group) is 1. The lowest BCUT2D eigenvalue weighted by molar-refractivity contribution is -0.134. The van der Waals surface area contributed by atoms with Crippen molar-refractivity contribution in [3.63, 3.8) is 0 Å². The van der Waals surface area contributed by atoms with E-state index >= 15 is 0 Å². The van der Waals surface area contributed by atoms with Crippen LogP contribution in [-0.2, 0) is 4.79 Å². The summed E-state index contributed by atoms with van der Waals surface area (Å²) in [6.45, 7) is 1.69. The van der Waals surface area contributed by atoms with Gasteiger partial charge in [-0.15, -0.1) is 0 Å². The van der Waals surface area contributed by atoms with Crippen LogP contribution in [0.1, 0.15) is 12.8 Å². The largest absolute Gasteiger partial charge is 0.482 e. The average Bonchev–Trinajstić information content (AvgIpc) is 2.86. The van der Waals surface area contributed by atoms with Gasteiger partial charge in [0.05, 0.1) is 5.02 Å².